The summed E-state index contributed by atoms with van der Waals surface area (Å²) in [7, 11) is 1.40. The molecule has 0 atom stereocenters. The first-order valence-corrected chi connectivity index (χ1v) is 8.14. The van der Waals surface area contributed by atoms with Gasteiger partial charge in [-0.1, -0.05) is 41.9 Å². The number of methoxy groups -OCH3 is 1. The van der Waals surface area contributed by atoms with Crippen molar-refractivity contribution < 1.29 is 14.1 Å². The average molecular weight is 395 g/mol. The fraction of sp³-hybridized carbons (Fsp3) is 0.294. The van der Waals surface area contributed by atoms with Crippen LogP contribution in [-0.2, 0) is 5.41 Å². The Labute approximate surface area is 147 Å². The Balaban J connectivity index is 2.32. The summed E-state index contributed by atoms with van der Waals surface area (Å²) in [4.78, 5) is 12.7. The van der Waals surface area contributed by atoms with Crippen LogP contribution in [0.25, 0.3) is 0 Å². The third-order valence-corrected chi connectivity index (χ3v) is 4.86. The Morgan fingerprint density at radius 3 is 2.67 bits per heavy atom. The van der Waals surface area contributed by atoms with Gasteiger partial charge in [0.2, 0.25) is 0 Å². The summed E-state index contributed by atoms with van der Waals surface area (Å²) >= 11 is 3.43. The maximum atomic E-state index is 14.4. The number of para-hydroxylation sites is 2. The minimum absolute atomic E-state index is 0.0245. The standard InChI is InChI=1S/C17H16BrFN2O3/c1-17(2)9-20(12-6-4-5-7-13(12)21(22)23)15-14(17)10(18)8-11(19)16(15)24-3/h4-8H,9H2,1-3H3. The third-order valence-electron chi connectivity index (χ3n) is 4.23. The molecule has 0 unspecified atom stereocenters. The molecule has 5 nitrogen and oxygen atoms in total. The van der Waals surface area contributed by atoms with Crippen molar-refractivity contribution in [2.75, 3.05) is 18.6 Å². The molecule has 0 N–H and O–H groups in total. The van der Waals surface area contributed by atoms with Crippen LogP contribution in [0.1, 0.15) is 19.4 Å². The van der Waals surface area contributed by atoms with Crippen molar-refractivity contribution in [1.82, 2.24) is 0 Å². The minimum atomic E-state index is -0.510. The molecule has 126 valence electrons. The number of fused-ring (bicyclic) bond motifs is 1. The number of hydrogen-bond acceptors (Lipinski definition) is 4. The molecule has 0 fully saturated rings. The molecule has 1 heterocycles. The van der Waals surface area contributed by atoms with Crippen molar-refractivity contribution in [2.45, 2.75) is 19.3 Å². The number of ether oxygens (including phenoxy) is 1. The Morgan fingerprint density at radius 1 is 1.38 bits per heavy atom. The van der Waals surface area contributed by atoms with E-state index in [2.05, 4.69) is 15.9 Å². The molecule has 3 rings (SSSR count). The second-order valence-corrected chi connectivity index (χ2v) is 7.17. The van der Waals surface area contributed by atoms with Gasteiger partial charge < -0.3 is 9.64 Å². The number of anilines is 2. The minimum Gasteiger partial charge on any atom is -0.492 e. The molecule has 1 aliphatic heterocycles. The molecule has 1 aliphatic rings. The molecule has 0 amide bonds. The lowest BCUT2D eigenvalue weighted by Crippen LogP contribution is -2.25. The molecule has 7 heteroatoms. The first-order chi connectivity index (χ1) is 11.3. The molecule has 0 aliphatic carbocycles. The van der Waals surface area contributed by atoms with Gasteiger partial charge in [0.25, 0.3) is 5.69 Å². The van der Waals surface area contributed by atoms with Gasteiger partial charge >= 0.3 is 0 Å². The van der Waals surface area contributed by atoms with Gasteiger partial charge in [0.15, 0.2) is 11.6 Å². The zero-order valence-corrected chi connectivity index (χ0v) is 15.1. The van der Waals surface area contributed by atoms with Gasteiger partial charge in [-0.2, -0.15) is 0 Å². The van der Waals surface area contributed by atoms with E-state index in [1.807, 2.05) is 13.8 Å². The second-order valence-electron chi connectivity index (χ2n) is 6.31. The molecule has 2 aromatic carbocycles. The number of hydrogen-bond donors (Lipinski definition) is 0. The molecule has 0 saturated carbocycles. The average Bonchev–Trinajstić information content (AvgIpc) is 2.79. The number of nitro benzene ring substituents is 1. The van der Waals surface area contributed by atoms with Crippen molar-refractivity contribution in [3.05, 3.63) is 56.3 Å². The van der Waals surface area contributed by atoms with Crippen LogP contribution in [0.5, 0.6) is 5.75 Å². The highest BCUT2D eigenvalue weighted by Gasteiger charge is 2.42. The van der Waals surface area contributed by atoms with E-state index >= 15 is 0 Å². The Kier molecular flexibility index (Phi) is 3.99. The molecular weight excluding hydrogens is 379 g/mol. The fourth-order valence-corrected chi connectivity index (χ4v) is 4.22. The molecule has 0 saturated heterocycles. The van der Waals surface area contributed by atoms with Gasteiger partial charge in [0.05, 0.1) is 17.7 Å². The first-order valence-electron chi connectivity index (χ1n) is 7.35. The molecule has 0 aromatic heterocycles. The summed E-state index contributed by atoms with van der Waals surface area (Å²) in [5.74, 6) is -0.415. The monoisotopic (exact) mass is 394 g/mol. The van der Waals surface area contributed by atoms with Gasteiger partial charge in [0.1, 0.15) is 5.69 Å². The number of nitrogens with zero attached hydrogens (tertiary/aromatic N) is 2. The number of benzene rings is 2. The van der Waals surface area contributed by atoms with Crippen LogP contribution in [0.15, 0.2) is 34.8 Å². The highest BCUT2D eigenvalue weighted by atomic mass is 79.9. The Bertz CT molecular complexity index is 839. The van der Waals surface area contributed by atoms with Crippen LogP contribution < -0.4 is 9.64 Å². The zero-order valence-electron chi connectivity index (χ0n) is 13.5. The summed E-state index contributed by atoms with van der Waals surface area (Å²) < 4.78 is 20.3. The van der Waals surface area contributed by atoms with Crippen LogP contribution in [0, 0.1) is 15.9 Å². The zero-order chi connectivity index (χ0) is 17.6. The summed E-state index contributed by atoms with van der Waals surface area (Å²) in [5, 5.41) is 11.4. The van der Waals surface area contributed by atoms with Gasteiger partial charge in [-0.3, -0.25) is 10.1 Å². The van der Waals surface area contributed by atoms with Crippen LogP contribution >= 0.6 is 15.9 Å². The topological polar surface area (TPSA) is 55.6 Å². The van der Waals surface area contributed by atoms with E-state index in [-0.39, 0.29) is 16.9 Å². The molecule has 24 heavy (non-hydrogen) atoms. The van der Waals surface area contributed by atoms with Crippen molar-refractivity contribution >= 4 is 33.0 Å². The highest BCUT2D eigenvalue weighted by molar-refractivity contribution is 9.10. The molecule has 0 spiro atoms. The van der Waals surface area contributed by atoms with Crippen LogP contribution in [0.2, 0.25) is 0 Å². The lowest BCUT2D eigenvalue weighted by atomic mass is 9.87. The van der Waals surface area contributed by atoms with Crippen molar-refractivity contribution in [2.24, 2.45) is 0 Å². The van der Waals surface area contributed by atoms with Gasteiger partial charge in [-0.15, -0.1) is 0 Å². The lowest BCUT2D eigenvalue weighted by molar-refractivity contribution is -0.384. The molecule has 0 bridgehead atoms. The highest BCUT2D eigenvalue weighted by Crippen LogP contribution is 2.54. The van der Waals surface area contributed by atoms with Crippen molar-refractivity contribution in [3.8, 4) is 5.75 Å². The number of halogens is 2. The van der Waals surface area contributed by atoms with Gasteiger partial charge in [-0.25, -0.2) is 4.39 Å². The van der Waals surface area contributed by atoms with E-state index in [1.54, 1.807) is 23.1 Å². The van der Waals surface area contributed by atoms with Crippen molar-refractivity contribution in [1.29, 1.82) is 0 Å². The summed E-state index contributed by atoms with van der Waals surface area (Å²) in [6.45, 7) is 4.51. The summed E-state index contributed by atoms with van der Waals surface area (Å²) in [5.41, 5.74) is 1.47. The predicted molar refractivity (Wildman–Crippen MR) is 93.8 cm³/mol. The fourth-order valence-electron chi connectivity index (χ4n) is 3.29. The SMILES string of the molecule is COc1c(F)cc(Br)c2c1N(c1ccccc1[N+](=O)[O-])CC2(C)C. The van der Waals surface area contributed by atoms with Crippen molar-refractivity contribution in [3.63, 3.8) is 0 Å². The largest absolute Gasteiger partial charge is 0.492 e. The van der Waals surface area contributed by atoms with E-state index in [9.17, 15) is 14.5 Å². The maximum Gasteiger partial charge on any atom is 0.292 e. The Morgan fingerprint density at radius 2 is 2.04 bits per heavy atom. The molecule has 2 aromatic rings. The van der Waals surface area contributed by atoms with Gasteiger partial charge in [0, 0.05) is 28.1 Å². The summed E-state index contributed by atoms with van der Waals surface area (Å²) in [6, 6.07) is 7.83. The van der Waals surface area contributed by atoms with Crippen LogP contribution in [-0.4, -0.2) is 18.6 Å². The quantitative estimate of drug-likeness (QED) is 0.546. The summed E-state index contributed by atoms with van der Waals surface area (Å²) in [6.07, 6.45) is 0. The van der Waals surface area contributed by atoms with Crippen LogP contribution in [0.4, 0.5) is 21.5 Å². The van der Waals surface area contributed by atoms with E-state index < -0.39 is 10.7 Å². The smallest absolute Gasteiger partial charge is 0.292 e. The maximum absolute atomic E-state index is 14.4. The van der Waals surface area contributed by atoms with E-state index in [0.717, 1.165) is 5.56 Å². The third kappa shape index (κ3) is 2.43. The van der Waals surface area contributed by atoms with Gasteiger partial charge in [-0.05, 0) is 12.1 Å². The number of nitro groups is 1. The first kappa shape index (κ1) is 16.7. The number of rotatable bonds is 3. The second kappa shape index (κ2) is 5.73. The Hall–Kier alpha value is -2.15. The normalized spacial score (nSPS) is 15.3. The van der Waals surface area contributed by atoms with E-state index in [1.165, 1.54) is 19.2 Å². The molecular formula is C17H16BrFN2O3. The predicted octanol–water partition coefficient (Wildman–Crippen LogP) is 4.93. The van der Waals surface area contributed by atoms with Crippen LogP contribution in [0.3, 0.4) is 0 Å². The lowest BCUT2D eigenvalue weighted by Gasteiger charge is -2.23. The van der Waals surface area contributed by atoms with E-state index in [0.29, 0.717) is 22.4 Å². The molecule has 0 radical (unpaired) electrons. The van der Waals surface area contributed by atoms with E-state index in [4.69, 9.17) is 4.74 Å².